The van der Waals surface area contributed by atoms with Crippen molar-refractivity contribution in [3.8, 4) is 0 Å². The number of nitrogens with one attached hydrogen (secondary N) is 2. The highest BCUT2D eigenvalue weighted by Gasteiger charge is 2.49. The zero-order chi connectivity index (χ0) is 19.1. The summed E-state index contributed by atoms with van der Waals surface area (Å²) in [5, 5.41) is 0.554. The van der Waals surface area contributed by atoms with Crippen LogP contribution in [-0.4, -0.2) is 65.4 Å². The average molecular weight is 391 g/mol. The Morgan fingerprint density at radius 3 is 2.46 bits per heavy atom. The molecule has 1 saturated carbocycles. The minimum Gasteiger partial charge on any atom is -0.327 e. The van der Waals surface area contributed by atoms with Crippen molar-refractivity contribution < 1.29 is 31.6 Å². The van der Waals surface area contributed by atoms with Crippen molar-refractivity contribution in [1.29, 1.82) is 0 Å². The van der Waals surface area contributed by atoms with Crippen molar-refractivity contribution in [2.75, 3.05) is 6.54 Å². The molecule has 26 heavy (non-hydrogen) atoms. The van der Waals surface area contributed by atoms with Gasteiger partial charge in [0, 0.05) is 12.6 Å². The Hall–Kier alpha value is -1.96. The van der Waals surface area contributed by atoms with Crippen molar-refractivity contribution in [2.45, 2.75) is 50.2 Å². The maximum Gasteiger partial charge on any atom is 0.418 e. The van der Waals surface area contributed by atoms with E-state index in [-0.39, 0.29) is 30.8 Å². The Morgan fingerprint density at radius 1 is 1.15 bits per heavy atom. The number of urea groups is 1. The standard InChI is InChI=1S/C13H21N5O7S/c14-9-3-1-2-8(9)11(19)15-16-12(20)10-5-4-7-6-17(10)13(21)18(7)25-26(22,23)24/h7-10H,1-6,14H2,(H,15,19)(H,16,20)(H,22,23,24)/t7?,8-,9-,10+/m1/s1. The van der Waals surface area contributed by atoms with E-state index in [1.807, 2.05) is 0 Å². The number of carbonyl (C=O) groups is 3. The molecule has 4 amide bonds. The van der Waals surface area contributed by atoms with Crippen LogP contribution in [0.2, 0.25) is 0 Å². The number of hydrogen-bond acceptors (Lipinski definition) is 7. The molecule has 2 heterocycles. The summed E-state index contributed by atoms with van der Waals surface area (Å²) >= 11 is 0. The minimum absolute atomic E-state index is 0.0773. The lowest BCUT2D eigenvalue weighted by Crippen LogP contribution is -2.55. The van der Waals surface area contributed by atoms with Crippen LogP contribution in [0.15, 0.2) is 0 Å². The number of amides is 4. The number of hydrazine groups is 1. The van der Waals surface area contributed by atoms with Gasteiger partial charge in [-0.3, -0.25) is 25.0 Å². The van der Waals surface area contributed by atoms with Crippen LogP contribution in [0.3, 0.4) is 0 Å². The largest absolute Gasteiger partial charge is 0.418 e. The molecule has 2 bridgehead atoms. The molecule has 0 spiro atoms. The first kappa shape index (κ1) is 18.8. The second-order valence-electron chi connectivity index (χ2n) is 6.69. The number of rotatable bonds is 4. The zero-order valence-electron chi connectivity index (χ0n) is 13.8. The molecule has 0 radical (unpaired) electrons. The van der Waals surface area contributed by atoms with Crippen molar-refractivity contribution in [1.82, 2.24) is 20.8 Å². The highest BCUT2D eigenvalue weighted by molar-refractivity contribution is 7.80. The zero-order valence-corrected chi connectivity index (χ0v) is 14.6. The van der Waals surface area contributed by atoms with Gasteiger partial charge in [-0.1, -0.05) is 6.42 Å². The molecule has 3 aliphatic rings. The van der Waals surface area contributed by atoms with Crippen molar-refractivity contribution >= 4 is 28.2 Å². The van der Waals surface area contributed by atoms with Gasteiger partial charge in [-0.2, -0.15) is 13.5 Å². The third-order valence-electron chi connectivity index (χ3n) is 5.02. The quantitative estimate of drug-likeness (QED) is 0.323. The second-order valence-corrected chi connectivity index (χ2v) is 7.69. The van der Waals surface area contributed by atoms with Gasteiger partial charge < -0.3 is 10.6 Å². The van der Waals surface area contributed by atoms with E-state index in [9.17, 15) is 22.8 Å². The van der Waals surface area contributed by atoms with Gasteiger partial charge in [0.25, 0.3) is 5.91 Å². The molecule has 0 aromatic heterocycles. The summed E-state index contributed by atoms with van der Waals surface area (Å²) in [5.41, 5.74) is 10.5. The van der Waals surface area contributed by atoms with Crippen molar-refractivity contribution in [3.63, 3.8) is 0 Å². The third kappa shape index (κ3) is 3.75. The lowest BCUT2D eigenvalue weighted by atomic mass is 10.0. The molecule has 3 rings (SSSR count). The van der Waals surface area contributed by atoms with Gasteiger partial charge in [0.2, 0.25) is 5.91 Å². The first-order valence-electron chi connectivity index (χ1n) is 8.29. The number of hydroxylamine groups is 2. The van der Waals surface area contributed by atoms with Crippen molar-refractivity contribution in [3.05, 3.63) is 0 Å². The monoisotopic (exact) mass is 391 g/mol. The average Bonchev–Trinajstić information content (AvgIpc) is 3.09. The maximum absolute atomic E-state index is 12.3. The second kappa shape index (κ2) is 6.98. The van der Waals surface area contributed by atoms with Gasteiger partial charge in [-0.15, -0.1) is 4.28 Å². The van der Waals surface area contributed by atoms with Gasteiger partial charge >= 0.3 is 16.4 Å². The summed E-state index contributed by atoms with van der Waals surface area (Å²) in [6.45, 7) is 0.0773. The molecule has 0 aromatic rings. The molecular formula is C13H21N5O7S. The lowest BCUT2D eigenvalue weighted by Gasteiger charge is -2.29. The van der Waals surface area contributed by atoms with E-state index < -0.39 is 34.4 Å². The smallest absolute Gasteiger partial charge is 0.327 e. The van der Waals surface area contributed by atoms with E-state index in [1.165, 1.54) is 0 Å². The summed E-state index contributed by atoms with van der Waals surface area (Å²) < 4.78 is 34.7. The number of nitrogens with zero attached hydrogens (tertiary/aromatic N) is 2. The van der Waals surface area contributed by atoms with Gasteiger partial charge in [-0.25, -0.2) is 4.79 Å². The van der Waals surface area contributed by atoms with E-state index in [0.717, 1.165) is 17.7 Å². The van der Waals surface area contributed by atoms with Gasteiger partial charge in [-0.05, 0) is 25.7 Å². The molecule has 2 aliphatic heterocycles. The Kier molecular flexibility index (Phi) is 5.05. The van der Waals surface area contributed by atoms with Crippen LogP contribution in [0, 0.1) is 5.92 Å². The van der Waals surface area contributed by atoms with E-state index in [4.69, 9.17) is 10.3 Å². The molecule has 5 N–H and O–H groups in total. The number of carbonyl (C=O) groups excluding carboxylic acids is 3. The number of fused-ring (bicyclic) bond motifs is 2. The molecule has 3 fully saturated rings. The molecule has 2 saturated heterocycles. The molecular weight excluding hydrogens is 370 g/mol. The van der Waals surface area contributed by atoms with E-state index in [0.29, 0.717) is 17.9 Å². The summed E-state index contributed by atoms with van der Waals surface area (Å²) in [6, 6.07) is -2.55. The van der Waals surface area contributed by atoms with E-state index in [2.05, 4.69) is 15.1 Å². The predicted molar refractivity (Wildman–Crippen MR) is 85.0 cm³/mol. The first-order valence-corrected chi connectivity index (χ1v) is 9.66. The molecule has 13 heteroatoms. The molecule has 12 nitrogen and oxygen atoms in total. The Balaban J connectivity index is 1.57. The highest BCUT2D eigenvalue weighted by atomic mass is 32.3. The fourth-order valence-corrected chi connectivity index (χ4v) is 4.11. The molecule has 0 aromatic carbocycles. The van der Waals surface area contributed by atoms with Crippen LogP contribution in [0.5, 0.6) is 0 Å². The lowest BCUT2D eigenvalue weighted by molar-refractivity contribution is -0.133. The number of nitrogens with two attached hydrogens (primary N) is 1. The molecule has 1 aliphatic carbocycles. The Labute approximate surface area is 149 Å². The maximum atomic E-state index is 12.3. The Morgan fingerprint density at radius 2 is 1.85 bits per heavy atom. The minimum atomic E-state index is -4.84. The normalized spacial score (nSPS) is 31.2. The topological polar surface area (TPSA) is 171 Å². The fourth-order valence-electron chi connectivity index (χ4n) is 3.72. The number of hydrogen-bond donors (Lipinski definition) is 4. The van der Waals surface area contributed by atoms with Crippen LogP contribution in [-0.2, 0) is 24.3 Å². The van der Waals surface area contributed by atoms with Gasteiger partial charge in [0.15, 0.2) is 0 Å². The summed E-state index contributed by atoms with van der Waals surface area (Å²) in [5.74, 6) is -1.33. The number of piperidine rings is 1. The third-order valence-corrected chi connectivity index (χ3v) is 5.36. The van der Waals surface area contributed by atoms with Crippen LogP contribution >= 0.6 is 0 Å². The summed E-state index contributed by atoms with van der Waals surface area (Å²) in [7, 11) is -4.84. The van der Waals surface area contributed by atoms with Crippen LogP contribution in [0.1, 0.15) is 32.1 Å². The molecule has 4 atom stereocenters. The van der Waals surface area contributed by atoms with E-state index >= 15 is 0 Å². The highest BCUT2D eigenvalue weighted by Crippen LogP contribution is 2.30. The molecule has 1 unspecified atom stereocenters. The molecule has 146 valence electrons. The first-order chi connectivity index (χ1) is 12.2. The van der Waals surface area contributed by atoms with Gasteiger partial charge in [0.05, 0.1) is 12.0 Å². The fraction of sp³-hybridized carbons (Fsp3) is 0.769. The van der Waals surface area contributed by atoms with E-state index in [1.54, 1.807) is 0 Å². The summed E-state index contributed by atoms with van der Waals surface area (Å²) in [4.78, 5) is 37.8. The van der Waals surface area contributed by atoms with Crippen LogP contribution < -0.4 is 16.6 Å². The SMILES string of the molecule is N[C@@H]1CCC[C@H]1C(=O)NNC(=O)[C@@H]1CCC2CN1C(=O)N2OS(=O)(=O)O. The Bertz CT molecular complexity index is 714. The van der Waals surface area contributed by atoms with Gasteiger partial charge in [0.1, 0.15) is 6.04 Å². The predicted octanol–water partition coefficient (Wildman–Crippen LogP) is -1.74. The van der Waals surface area contributed by atoms with Crippen LogP contribution in [0.4, 0.5) is 4.79 Å². The van der Waals surface area contributed by atoms with Crippen molar-refractivity contribution in [2.24, 2.45) is 11.7 Å². The summed E-state index contributed by atoms with van der Waals surface area (Å²) in [6.07, 6.45) is 2.81. The van der Waals surface area contributed by atoms with Crippen LogP contribution in [0.25, 0.3) is 0 Å².